The third-order valence-corrected chi connectivity index (χ3v) is 0.607. The van der Waals surface area contributed by atoms with Crippen LogP contribution in [0.15, 0.2) is 30.3 Å². The summed E-state index contributed by atoms with van der Waals surface area (Å²) in [5.41, 5.74) is 0. The first-order chi connectivity index (χ1) is 4.41. The molecule has 0 saturated heterocycles. The summed E-state index contributed by atoms with van der Waals surface area (Å²) in [7, 11) is 9.75. The largest absolute Gasteiger partial charge is 0.0622 e. The van der Waals surface area contributed by atoms with Crippen LogP contribution in [0.1, 0.15) is 0 Å². The van der Waals surface area contributed by atoms with Gasteiger partial charge in [-0.05, 0) is 6.07 Å². The predicted molar refractivity (Wildman–Crippen MR) is 37.0 cm³/mol. The summed E-state index contributed by atoms with van der Waals surface area (Å²) in [6.07, 6.45) is 0. The smallest absolute Gasteiger partial charge is 0.0184 e. The Labute approximate surface area is 71.6 Å². The van der Waals surface area contributed by atoms with Crippen molar-refractivity contribution < 1.29 is 16.5 Å². The van der Waals surface area contributed by atoms with Gasteiger partial charge in [-0.2, -0.15) is 0 Å². The molecule has 3 heteroatoms. The van der Waals surface area contributed by atoms with E-state index in [2.05, 4.69) is 6.07 Å². The van der Waals surface area contributed by atoms with Gasteiger partial charge in [0.1, 0.15) is 0 Å². The van der Waals surface area contributed by atoms with Crippen LogP contribution in [0.4, 0.5) is 0 Å². The maximum atomic E-state index is 4.88. The Morgan fingerprint density at radius 1 is 1.00 bits per heavy atom. The van der Waals surface area contributed by atoms with Gasteiger partial charge in [-0.1, -0.05) is 30.3 Å². The van der Waals surface area contributed by atoms with E-state index in [4.69, 9.17) is 18.8 Å². The van der Waals surface area contributed by atoms with Crippen molar-refractivity contribution in [1.29, 1.82) is 0 Å². The van der Waals surface area contributed by atoms with Gasteiger partial charge in [0.2, 0.25) is 0 Å². The molecular weight excluding hydrogens is 338 g/mol. The molecule has 0 aliphatic rings. The summed E-state index contributed by atoms with van der Waals surface area (Å²) in [5.74, 6) is 0. The Morgan fingerprint density at radius 2 is 1.44 bits per heavy atom. The molecule has 53 valence electrons. The summed E-state index contributed by atoms with van der Waals surface area (Å²) in [5, 5.41) is 0. The van der Waals surface area contributed by atoms with Gasteiger partial charge in [0.15, 0.2) is 0 Å². The van der Waals surface area contributed by atoms with Crippen molar-refractivity contribution in [1.82, 2.24) is 0 Å². The van der Waals surface area contributed by atoms with Gasteiger partial charge in [-0.15, -0.1) is 0 Å². The van der Waals surface area contributed by atoms with Crippen molar-refractivity contribution in [2.45, 2.75) is 0 Å². The van der Waals surface area contributed by atoms with E-state index in [0.717, 1.165) is 0 Å². The predicted octanol–water partition coefficient (Wildman–Crippen LogP) is 2.86. The molecule has 0 bridgehead atoms. The zero-order chi connectivity index (χ0) is 6.95. The van der Waals surface area contributed by atoms with E-state index in [1.165, 1.54) is 0 Å². The van der Waals surface area contributed by atoms with Crippen molar-refractivity contribution in [3.8, 4) is 0 Å². The fourth-order valence-electron chi connectivity index (χ4n) is 0.342. The summed E-state index contributed by atoms with van der Waals surface area (Å²) in [6.45, 7) is 0. The van der Waals surface area contributed by atoms with E-state index in [1.807, 2.05) is 30.3 Å². The number of halogens is 2. The van der Waals surface area contributed by atoms with E-state index in [9.17, 15) is 0 Å². The maximum Gasteiger partial charge on any atom is -0.0184 e. The van der Waals surface area contributed by atoms with Gasteiger partial charge >= 0.3 is 35.3 Å². The molecule has 1 aromatic rings. The molecule has 0 heterocycles. The van der Waals surface area contributed by atoms with Crippen LogP contribution in [-0.2, 0) is 16.5 Å². The molecule has 0 N–H and O–H groups in total. The van der Waals surface area contributed by atoms with E-state index in [-0.39, 0.29) is 0 Å². The molecule has 0 amide bonds. The zero-order valence-corrected chi connectivity index (χ0v) is 8.24. The molecule has 0 fully saturated rings. The average Bonchev–Trinajstić information content (AvgIpc) is 1.93. The Hall–Kier alpha value is 0.488. The molecule has 0 spiro atoms. The van der Waals surface area contributed by atoms with Gasteiger partial charge in [0.05, 0.1) is 0 Å². The Morgan fingerprint density at radius 3 is 1.56 bits per heavy atom. The second-order valence-corrected chi connectivity index (χ2v) is 4.41. The fraction of sp³-hybridized carbons (Fsp3) is 0. The molecule has 1 radical (unpaired) electrons. The van der Waals surface area contributed by atoms with Crippen LogP contribution in [0, 0.1) is 6.07 Å². The van der Waals surface area contributed by atoms with Crippen molar-refractivity contribution in [2.75, 3.05) is 0 Å². The topological polar surface area (TPSA) is 0 Å². The van der Waals surface area contributed by atoms with E-state index >= 15 is 0 Å². The molecule has 0 unspecified atom stereocenters. The van der Waals surface area contributed by atoms with Gasteiger partial charge < -0.3 is 0 Å². The van der Waals surface area contributed by atoms with Crippen molar-refractivity contribution in [3.05, 3.63) is 36.4 Å². The molecule has 0 aliphatic carbocycles. The monoisotopic (exact) mass is 342 g/mol. The van der Waals surface area contributed by atoms with E-state index in [1.54, 1.807) is 0 Å². The third kappa shape index (κ3) is 8.49. The van der Waals surface area contributed by atoms with Crippen LogP contribution >= 0.6 is 18.8 Å². The van der Waals surface area contributed by atoms with Crippen LogP contribution < -0.4 is 0 Å². The van der Waals surface area contributed by atoms with Crippen LogP contribution in [0.3, 0.4) is 0 Å². The number of hydrogen-bond donors (Lipinski definition) is 0. The molecule has 0 nitrogen and oxygen atoms in total. The standard InChI is InChI=1S/C6H5.2ClH.Pt/c1-2-4-6-5-3-1;;;/h1-5H;2*1H;/q;;;+2/p-2. The van der Waals surface area contributed by atoms with Gasteiger partial charge in [-0.25, -0.2) is 0 Å². The Kier molecular flexibility index (Phi) is 8.95. The summed E-state index contributed by atoms with van der Waals surface area (Å²) in [6, 6.07) is 12.5. The first kappa shape index (κ1) is 9.49. The van der Waals surface area contributed by atoms with E-state index < -0.39 is 16.5 Å². The first-order valence-corrected chi connectivity index (χ1v) is 7.78. The van der Waals surface area contributed by atoms with Crippen molar-refractivity contribution in [3.63, 3.8) is 0 Å². The van der Waals surface area contributed by atoms with Crippen LogP contribution in [0.5, 0.6) is 0 Å². The normalized spacial score (nSPS) is 7.78. The summed E-state index contributed by atoms with van der Waals surface area (Å²) < 4.78 is 0. The minimum Gasteiger partial charge on any atom is -0.0622 e. The molecule has 0 aliphatic heterocycles. The molecule has 0 saturated carbocycles. The maximum absolute atomic E-state index is 4.88. The summed E-state index contributed by atoms with van der Waals surface area (Å²) >= 11 is -0.472. The van der Waals surface area contributed by atoms with Crippen LogP contribution in [-0.4, -0.2) is 0 Å². The molecule has 9 heavy (non-hydrogen) atoms. The van der Waals surface area contributed by atoms with Crippen molar-refractivity contribution in [2.24, 2.45) is 0 Å². The number of hydrogen-bond acceptors (Lipinski definition) is 0. The summed E-state index contributed by atoms with van der Waals surface area (Å²) in [4.78, 5) is 0. The number of benzene rings is 1. The first-order valence-electron chi connectivity index (χ1n) is 2.15. The quantitative estimate of drug-likeness (QED) is 0.680. The van der Waals surface area contributed by atoms with Gasteiger partial charge in [0.25, 0.3) is 0 Å². The van der Waals surface area contributed by atoms with E-state index in [0.29, 0.717) is 0 Å². The fourth-order valence-corrected chi connectivity index (χ4v) is 0.342. The second-order valence-electron chi connectivity index (χ2n) is 1.12. The Bertz CT molecular complexity index is 93.9. The van der Waals surface area contributed by atoms with Crippen molar-refractivity contribution >= 4 is 18.8 Å². The zero-order valence-electron chi connectivity index (χ0n) is 4.46. The van der Waals surface area contributed by atoms with Crippen LogP contribution in [0.2, 0.25) is 0 Å². The number of rotatable bonds is 0. The molecule has 1 aromatic carbocycles. The van der Waals surface area contributed by atoms with Crippen LogP contribution in [0.25, 0.3) is 0 Å². The second kappa shape index (κ2) is 8.49. The molecule has 0 aromatic heterocycles. The Balaban J connectivity index is 0.000000187. The molecule has 1 rings (SSSR count). The van der Waals surface area contributed by atoms with Gasteiger partial charge in [-0.3, -0.25) is 0 Å². The molecule has 0 atom stereocenters. The third-order valence-electron chi connectivity index (χ3n) is 0.607. The minimum atomic E-state index is -0.472. The van der Waals surface area contributed by atoms with Gasteiger partial charge in [0, 0.05) is 0 Å². The average molecular weight is 343 g/mol. The molecular formula is C6H5Cl2Pt. The SMILES string of the molecule is [Cl][Pt][Cl].[c]1ccccc1. The minimum absolute atomic E-state index is 0.472.